The highest BCUT2D eigenvalue weighted by molar-refractivity contribution is 6.46. The summed E-state index contributed by atoms with van der Waals surface area (Å²) in [5, 5.41) is 11.4. The zero-order valence-corrected chi connectivity index (χ0v) is 21.4. The number of methoxy groups -OCH3 is 1. The summed E-state index contributed by atoms with van der Waals surface area (Å²) in [7, 11) is 1.58. The van der Waals surface area contributed by atoms with Crippen LogP contribution in [0.15, 0.2) is 60.7 Å². The molecule has 2 heterocycles. The molecular formula is C29H34N2O6. The highest BCUT2D eigenvalue weighted by Gasteiger charge is 2.46. The van der Waals surface area contributed by atoms with E-state index < -0.39 is 17.7 Å². The molecule has 2 aliphatic heterocycles. The summed E-state index contributed by atoms with van der Waals surface area (Å²) in [6, 6.07) is 11.8. The van der Waals surface area contributed by atoms with Crippen LogP contribution in [0.5, 0.6) is 11.5 Å². The lowest BCUT2D eigenvalue weighted by atomic mass is 9.93. The van der Waals surface area contributed by atoms with E-state index in [-0.39, 0.29) is 11.3 Å². The van der Waals surface area contributed by atoms with Crippen molar-refractivity contribution in [2.45, 2.75) is 19.4 Å². The lowest BCUT2D eigenvalue weighted by molar-refractivity contribution is -0.140. The molecular weight excluding hydrogens is 472 g/mol. The largest absolute Gasteiger partial charge is 0.507 e. The second-order valence-corrected chi connectivity index (χ2v) is 9.15. The van der Waals surface area contributed by atoms with E-state index in [0.29, 0.717) is 49.8 Å². The standard InChI is InChI=1S/C29H34N2O6/c1-4-16-37-23-10-11-24(20(2)19-23)27(32)25-26(21-6-8-22(35-3)9-7-21)31(29(34)28(25)33)13-5-12-30-14-17-36-18-15-30/h4,6-11,19,26,32H,1,5,12-18H2,2-3H3. The first-order chi connectivity index (χ1) is 17.9. The zero-order chi connectivity index (χ0) is 26.4. The van der Waals surface area contributed by atoms with Crippen molar-refractivity contribution in [3.05, 3.63) is 77.4 Å². The van der Waals surface area contributed by atoms with Crippen molar-refractivity contribution < 1.29 is 28.9 Å². The second kappa shape index (κ2) is 12.1. The molecule has 1 unspecified atom stereocenters. The van der Waals surface area contributed by atoms with Crippen LogP contribution >= 0.6 is 0 Å². The number of hydrogen-bond donors (Lipinski definition) is 1. The lowest BCUT2D eigenvalue weighted by Gasteiger charge is -2.29. The quantitative estimate of drug-likeness (QED) is 0.227. The molecule has 0 spiro atoms. The van der Waals surface area contributed by atoms with Crippen LogP contribution in [0.1, 0.15) is 29.2 Å². The van der Waals surface area contributed by atoms with Crippen LogP contribution in [0, 0.1) is 6.92 Å². The average Bonchev–Trinajstić information content (AvgIpc) is 3.17. The number of morpholine rings is 1. The number of rotatable bonds is 10. The fourth-order valence-corrected chi connectivity index (χ4v) is 4.82. The minimum Gasteiger partial charge on any atom is -0.507 e. The smallest absolute Gasteiger partial charge is 0.295 e. The predicted molar refractivity (Wildman–Crippen MR) is 141 cm³/mol. The Bertz CT molecular complexity index is 1170. The van der Waals surface area contributed by atoms with Crippen molar-refractivity contribution in [3.8, 4) is 11.5 Å². The molecule has 2 saturated heterocycles. The Morgan fingerprint density at radius 2 is 1.81 bits per heavy atom. The molecule has 0 aliphatic carbocycles. The normalized spacial score (nSPS) is 19.7. The van der Waals surface area contributed by atoms with Gasteiger partial charge >= 0.3 is 0 Å². The van der Waals surface area contributed by atoms with Gasteiger partial charge in [0.1, 0.15) is 23.9 Å². The molecule has 2 aromatic rings. The highest BCUT2D eigenvalue weighted by Crippen LogP contribution is 2.40. The summed E-state index contributed by atoms with van der Waals surface area (Å²) in [4.78, 5) is 30.4. The van der Waals surface area contributed by atoms with Crippen LogP contribution in [0.3, 0.4) is 0 Å². The first kappa shape index (κ1) is 26.4. The minimum absolute atomic E-state index is 0.0874. The molecule has 4 rings (SSSR count). The number of amides is 1. The zero-order valence-electron chi connectivity index (χ0n) is 21.4. The Balaban J connectivity index is 1.68. The first-order valence-corrected chi connectivity index (χ1v) is 12.5. The number of aryl methyl sites for hydroxylation is 1. The maximum absolute atomic E-state index is 13.3. The van der Waals surface area contributed by atoms with Crippen LogP contribution in [-0.2, 0) is 14.3 Å². The molecule has 0 radical (unpaired) electrons. The molecule has 1 N–H and O–H groups in total. The molecule has 196 valence electrons. The van der Waals surface area contributed by atoms with Crippen molar-refractivity contribution in [1.82, 2.24) is 9.80 Å². The molecule has 0 saturated carbocycles. The van der Waals surface area contributed by atoms with Gasteiger partial charge in [-0.1, -0.05) is 24.8 Å². The molecule has 0 bridgehead atoms. The van der Waals surface area contributed by atoms with Crippen LogP contribution in [0.4, 0.5) is 0 Å². The fraction of sp³-hybridized carbons (Fsp3) is 0.379. The van der Waals surface area contributed by atoms with Crippen LogP contribution < -0.4 is 9.47 Å². The number of hydrogen-bond acceptors (Lipinski definition) is 7. The number of carbonyl (C=O) groups is 2. The Morgan fingerprint density at radius 1 is 1.11 bits per heavy atom. The Hall–Kier alpha value is -3.62. The van der Waals surface area contributed by atoms with Gasteiger partial charge in [0.2, 0.25) is 0 Å². The van der Waals surface area contributed by atoms with E-state index in [1.807, 2.05) is 19.1 Å². The number of Topliss-reactive ketones (excluding diaryl/α,β-unsaturated/α-hetero) is 1. The number of ketones is 1. The van der Waals surface area contributed by atoms with E-state index in [0.717, 1.165) is 30.8 Å². The summed E-state index contributed by atoms with van der Waals surface area (Å²) in [6.07, 6.45) is 2.35. The second-order valence-electron chi connectivity index (χ2n) is 9.15. The van der Waals surface area contributed by atoms with Gasteiger partial charge in [0.25, 0.3) is 11.7 Å². The summed E-state index contributed by atoms with van der Waals surface area (Å²) in [5.41, 5.74) is 2.03. The third kappa shape index (κ3) is 5.87. The summed E-state index contributed by atoms with van der Waals surface area (Å²) in [6.45, 7) is 10.1. The van der Waals surface area contributed by atoms with Crippen molar-refractivity contribution >= 4 is 17.4 Å². The number of aliphatic hydroxyl groups excluding tert-OH is 1. The highest BCUT2D eigenvalue weighted by atomic mass is 16.5. The Morgan fingerprint density at radius 3 is 2.46 bits per heavy atom. The number of benzene rings is 2. The van der Waals surface area contributed by atoms with Gasteiger partial charge in [-0.25, -0.2) is 0 Å². The van der Waals surface area contributed by atoms with Gasteiger partial charge in [0.05, 0.1) is 31.9 Å². The van der Waals surface area contributed by atoms with Gasteiger partial charge in [0.15, 0.2) is 0 Å². The number of carbonyl (C=O) groups excluding carboxylic acids is 2. The van der Waals surface area contributed by atoms with Gasteiger partial charge in [-0.3, -0.25) is 14.5 Å². The monoisotopic (exact) mass is 506 g/mol. The lowest BCUT2D eigenvalue weighted by Crippen LogP contribution is -2.38. The molecule has 8 nitrogen and oxygen atoms in total. The van der Waals surface area contributed by atoms with E-state index >= 15 is 0 Å². The molecule has 2 aromatic carbocycles. The van der Waals surface area contributed by atoms with Gasteiger partial charge in [-0.2, -0.15) is 0 Å². The van der Waals surface area contributed by atoms with E-state index in [4.69, 9.17) is 14.2 Å². The molecule has 1 atom stereocenters. The summed E-state index contributed by atoms with van der Waals surface area (Å²) >= 11 is 0. The SMILES string of the molecule is C=CCOc1ccc(C(O)=C2C(=O)C(=O)N(CCCN3CCOCC3)C2c2ccc(OC)cc2)c(C)c1. The van der Waals surface area contributed by atoms with Crippen molar-refractivity contribution in [3.63, 3.8) is 0 Å². The molecule has 8 heteroatoms. The average molecular weight is 507 g/mol. The Kier molecular flexibility index (Phi) is 8.63. The predicted octanol–water partition coefficient (Wildman–Crippen LogP) is 3.71. The van der Waals surface area contributed by atoms with E-state index in [1.165, 1.54) is 0 Å². The number of nitrogens with zero attached hydrogens (tertiary/aromatic N) is 2. The topological polar surface area (TPSA) is 88.5 Å². The van der Waals surface area contributed by atoms with E-state index in [2.05, 4.69) is 11.5 Å². The van der Waals surface area contributed by atoms with Crippen LogP contribution in [0.25, 0.3) is 5.76 Å². The molecule has 2 aliphatic rings. The molecule has 2 fully saturated rings. The van der Waals surface area contributed by atoms with Crippen LogP contribution in [0.2, 0.25) is 0 Å². The fourth-order valence-electron chi connectivity index (χ4n) is 4.82. The van der Waals surface area contributed by atoms with Gasteiger partial charge in [-0.05, 0) is 54.8 Å². The van der Waals surface area contributed by atoms with Gasteiger partial charge in [-0.15, -0.1) is 0 Å². The molecule has 1 amide bonds. The van der Waals surface area contributed by atoms with E-state index in [1.54, 1.807) is 48.4 Å². The Labute approximate surface area is 217 Å². The number of aliphatic hydroxyl groups is 1. The van der Waals surface area contributed by atoms with Gasteiger partial charge in [0, 0.05) is 31.7 Å². The molecule has 37 heavy (non-hydrogen) atoms. The van der Waals surface area contributed by atoms with Crippen molar-refractivity contribution in [2.24, 2.45) is 0 Å². The van der Waals surface area contributed by atoms with Crippen molar-refractivity contribution in [2.75, 3.05) is 53.1 Å². The number of ether oxygens (including phenoxy) is 3. The van der Waals surface area contributed by atoms with Crippen molar-refractivity contribution in [1.29, 1.82) is 0 Å². The third-order valence-corrected chi connectivity index (χ3v) is 6.77. The summed E-state index contributed by atoms with van der Waals surface area (Å²) in [5.74, 6) is -0.185. The first-order valence-electron chi connectivity index (χ1n) is 12.5. The third-order valence-electron chi connectivity index (χ3n) is 6.77. The maximum Gasteiger partial charge on any atom is 0.295 e. The van der Waals surface area contributed by atoms with Gasteiger partial charge < -0.3 is 24.2 Å². The van der Waals surface area contributed by atoms with E-state index in [9.17, 15) is 14.7 Å². The number of likely N-dealkylation sites (tertiary alicyclic amines) is 1. The molecule has 0 aromatic heterocycles. The minimum atomic E-state index is -0.702. The maximum atomic E-state index is 13.3. The van der Waals surface area contributed by atoms with Crippen LogP contribution in [-0.4, -0.2) is 79.7 Å². The summed E-state index contributed by atoms with van der Waals surface area (Å²) < 4.78 is 16.3.